The molecule has 1 aliphatic rings. The van der Waals surface area contributed by atoms with E-state index in [9.17, 15) is 14.4 Å². The molecule has 1 aliphatic heterocycles. The molecule has 2 amide bonds. The normalized spacial score (nSPS) is 14.2. The number of nitrogens with one attached hydrogen (secondary N) is 1. The molecule has 19 heavy (non-hydrogen) atoms. The van der Waals surface area contributed by atoms with Crippen LogP contribution in [0.4, 0.5) is 10.5 Å². The second-order valence-corrected chi connectivity index (χ2v) is 4.22. The van der Waals surface area contributed by atoms with Gasteiger partial charge in [0.05, 0.1) is 6.54 Å². The van der Waals surface area contributed by atoms with E-state index in [0.717, 1.165) is 0 Å². The van der Waals surface area contributed by atoms with Gasteiger partial charge in [-0.15, -0.1) is 0 Å². The first-order chi connectivity index (χ1) is 9.06. The van der Waals surface area contributed by atoms with Crippen molar-refractivity contribution >= 4 is 23.5 Å². The average Bonchev–Trinajstić information content (AvgIpc) is 2.75. The zero-order valence-electron chi connectivity index (χ0n) is 10.5. The highest BCUT2D eigenvalue weighted by Crippen LogP contribution is 2.10. The minimum absolute atomic E-state index is 0.0299. The number of Topliss-reactive ketones (excluding diaryl/α,β-unsaturated/α-hetero) is 1. The zero-order chi connectivity index (χ0) is 13.8. The van der Waals surface area contributed by atoms with Crippen LogP contribution >= 0.6 is 0 Å². The second-order valence-electron chi connectivity index (χ2n) is 4.22. The summed E-state index contributed by atoms with van der Waals surface area (Å²) in [7, 11) is 0. The summed E-state index contributed by atoms with van der Waals surface area (Å²) in [4.78, 5) is 35.3. The van der Waals surface area contributed by atoms with Crippen LogP contribution in [0.3, 0.4) is 0 Å². The van der Waals surface area contributed by atoms with Gasteiger partial charge in [-0.25, -0.2) is 4.79 Å². The van der Waals surface area contributed by atoms with Crippen molar-refractivity contribution in [3.05, 3.63) is 29.8 Å². The van der Waals surface area contributed by atoms with Crippen LogP contribution < -0.4 is 5.32 Å². The quantitative estimate of drug-likeness (QED) is 0.829. The lowest BCUT2D eigenvalue weighted by molar-refractivity contribution is -0.116. The Morgan fingerprint density at radius 2 is 2.00 bits per heavy atom. The Kier molecular flexibility index (Phi) is 3.79. The molecule has 0 atom stereocenters. The molecule has 2 rings (SSSR count). The number of hydrogen-bond donors (Lipinski definition) is 1. The second kappa shape index (κ2) is 5.51. The number of benzene rings is 1. The molecule has 0 bridgehead atoms. The van der Waals surface area contributed by atoms with E-state index in [2.05, 4.69) is 5.32 Å². The topological polar surface area (TPSA) is 75.7 Å². The molecule has 0 unspecified atom stereocenters. The highest BCUT2D eigenvalue weighted by molar-refractivity contribution is 5.96. The van der Waals surface area contributed by atoms with Crippen LogP contribution in [-0.4, -0.2) is 42.4 Å². The fourth-order valence-corrected chi connectivity index (χ4v) is 1.73. The van der Waals surface area contributed by atoms with Crippen LogP contribution in [0.15, 0.2) is 24.3 Å². The van der Waals surface area contributed by atoms with E-state index in [0.29, 0.717) is 24.4 Å². The van der Waals surface area contributed by atoms with Crippen LogP contribution in [0.5, 0.6) is 0 Å². The summed E-state index contributed by atoms with van der Waals surface area (Å²) in [6.45, 7) is 2.19. The minimum atomic E-state index is -0.470. The molecule has 0 saturated carbocycles. The third-order valence-corrected chi connectivity index (χ3v) is 2.75. The molecule has 1 fully saturated rings. The molecule has 1 aromatic carbocycles. The van der Waals surface area contributed by atoms with Gasteiger partial charge in [-0.3, -0.25) is 14.5 Å². The molecule has 0 aliphatic carbocycles. The zero-order valence-corrected chi connectivity index (χ0v) is 10.5. The summed E-state index contributed by atoms with van der Waals surface area (Å²) in [5.74, 6) is -0.327. The van der Waals surface area contributed by atoms with Gasteiger partial charge in [0.15, 0.2) is 5.78 Å². The number of anilines is 1. The van der Waals surface area contributed by atoms with Gasteiger partial charge in [-0.2, -0.15) is 0 Å². The van der Waals surface area contributed by atoms with Crippen molar-refractivity contribution in [2.75, 3.05) is 25.0 Å². The van der Waals surface area contributed by atoms with Crippen LogP contribution in [0.1, 0.15) is 17.3 Å². The summed E-state index contributed by atoms with van der Waals surface area (Å²) in [6.07, 6.45) is -0.470. The largest absolute Gasteiger partial charge is 0.448 e. The SMILES string of the molecule is CC(=O)c1ccc(NC(=O)CN2CCOC2=O)cc1. The van der Waals surface area contributed by atoms with Gasteiger partial charge in [-0.1, -0.05) is 0 Å². The Labute approximate surface area is 110 Å². The first-order valence-corrected chi connectivity index (χ1v) is 5.89. The number of cyclic esters (lactones) is 1. The summed E-state index contributed by atoms with van der Waals surface area (Å²) < 4.78 is 4.73. The number of nitrogens with zero attached hydrogens (tertiary/aromatic N) is 1. The first-order valence-electron chi connectivity index (χ1n) is 5.89. The Morgan fingerprint density at radius 3 is 2.53 bits per heavy atom. The van der Waals surface area contributed by atoms with E-state index in [1.54, 1.807) is 24.3 Å². The maximum Gasteiger partial charge on any atom is 0.410 e. The summed E-state index contributed by atoms with van der Waals surface area (Å²) >= 11 is 0. The van der Waals surface area contributed by atoms with Gasteiger partial charge in [0.1, 0.15) is 13.2 Å². The van der Waals surface area contributed by atoms with E-state index in [1.165, 1.54) is 11.8 Å². The Hall–Kier alpha value is -2.37. The molecule has 1 heterocycles. The molecule has 6 heteroatoms. The molecule has 6 nitrogen and oxygen atoms in total. The number of carbonyl (C=O) groups excluding carboxylic acids is 3. The van der Waals surface area contributed by atoms with Gasteiger partial charge in [0, 0.05) is 11.3 Å². The van der Waals surface area contributed by atoms with Crippen molar-refractivity contribution in [2.45, 2.75) is 6.92 Å². The van der Waals surface area contributed by atoms with Crippen molar-refractivity contribution in [1.29, 1.82) is 0 Å². The van der Waals surface area contributed by atoms with Crippen molar-refractivity contribution in [3.63, 3.8) is 0 Å². The van der Waals surface area contributed by atoms with Crippen molar-refractivity contribution < 1.29 is 19.1 Å². The van der Waals surface area contributed by atoms with Gasteiger partial charge in [0.2, 0.25) is 5.91 Å². The van der Waals surface area contributed by atoms with Crippen molar-refractivity contribution in [2.24, 2.45) is 0 Å². The number of hydrogen-bond acceptors (Lipinski definition) is 4. The van der Waals surface area contributed by atoms with E-state index in [1.807, 2.05) is 0 Å². The number of amides is 2. The lowest BCUT2D eigenvalue weighted by atomic mass is 10.1. The standard InChI is InChI=1S/C13H14N2O4/c1-9(16)10-2-4-11(5-3-10)14-12(17)8-15-6-7-19-13(15)18/h2-5H,6-8H2,1H3,(H,14,17). The van der Waals surface area contributed by atoms with Crippen molar-refractivity contribution in [3.8, 4) is 0 Å². The maximum absolute atomic E-state index is 11.7. The summed E-state index contributed by atoms with van der Waals surface area (Å²) in [5, 5.41) is 2.66. The van der Waals surface area contributed by atoms with Crippen LogP contribution in [-0.2, 0) is 9.53 Å². The first kappa shape index (κ1) is 13.1. The molecule has 1 N–H and O–H groups in total. The van der Waals surface area contributed by atoms with Crippen molar-refractivity contribution in [1.82, 2.24) is 4.90 Å². The van der Waals surface area contributed by atoms with Gasteiger partial charge in [-0.05, 0) is 31.2 Å². The third kappa shape index (κ3) is 3.31. The lowest BCUT2D eigenvalue weighted by Gasteiger charge is -2.12. The van der Waals surface area contributed by atoms with Gasteiger partial charge in [0.25, 0.3) is 0 Å². The Morgan fingerprint density at radius 1 is 1.32 bits per heavy atom. The predicted octanol–water partition coefficient (Wildman–Crippen LogP) is 1.28. The average molecular weight is 262 g/mol. The minimum Gasteiger partial charge on any atom is -0.448 e. The van der Waals surface area contributed by atoms with E-state index >= 15 is 0 Å². The molecule has 100 valence electrons. The number of rotatable bonds is 4. The molecule has 0 spiro atoms. The molecular formula is C13H14N2O4. The maximum atomic E-state index is 11.7. The fraction of sp³-hybridized carbons (Fsp3) is 0.308. The molecular weight excluding hydrogens is 248 g/mol. The molecule has 0 aromatic heterocycles. The van der Waals surface area contributed by atoms with Gasteiger partial charge >= 0.3 is 6.09 Å². The van der Waals surface area contributed by atoms with E-state index in [4.69, 9.17) is 4.74 Å². The van der Waals surface area contributed by atoms with E-state index < -0.39 is 6.09 Å². The van der Waals surface area contributed by atoms with E-state index in [-0.39, 0.29) is 18.2 Å². The highest BCUT2D eigenvalue weighted by atomic mass is 16.6. The third-order valence-electron chi connectivity index (χ3n) is 2.75. The summed E-state index contributed by atoms with van der Waals surface area (Å²) in [6, 6.07) is 6.58. The smallest absolute Gasteiger partial charge is 0.410 e. The monoisotopic (exact) mass is 262 g/mol. The predicted molar refractivity (Wildman–Crippen MR) is 68.0 cm³/mol. The molecule has 1 saturated heterocycles. The molecule has 0 radical (unpaired) electrons. The van der Waals surface area contributed by atoms with Crippen LogP contribution in [0.2, 0.25) is 0 Å². The highest BCUT2D eigenvalue weighted by Gasteiger charge is 2.23. The van der Waals surface area contributed by atoms with Crippen LogP contribution in [0, 0.1) is 0 Å². The number of ketones is 1. The number of carbonyl (C=O) groups is 3. The lowest BCUT2D eigenvalue weighted by Crippen LogP contribution is -2.33. The Balaban J connectivity index is 1.91. The van der Waals surface area contributed by atoms with Crippen LogP contribution in [0.25, 0.3) is 0 Å². The fourth-order valence-electron chi connectivity index (χ4n) is 1.73. The van der Waals surface area contributed by atoms with Gasteiger partial charge < -0.3 is 10.1 Å². The Bertz CT molecular complexity index is 510. The number of ether oxygens (including phenoxy) is 1. The summed E-state index contributed by atoms with van der Waals surface area (Å²) in [5.41, 5.74) is 1.17. The molecule has 1 aromatic rings.